The third-order valence-corrected chi connectivity index (χ3v) is 7.94. The normalized spacial score (nSPS) is 23.3. The van der Waals surface area contributed by atoms with Crippen molar-refractivity contribution < 1.29 is 14.3 Å². The minimum Gasteiger partial charge on any atom is -0.444 e. The summed E-state index contributed by atoms with van der Waals surface area (Å²) in [7, 11) is 1.87. The predicted octanol–water partition coefficient (Wildman–Crippen LogP) is 3.67. The molecule has 6 nitrogen and oxygen atoms in total. The van der Waals surface area contributed by atoms with Crippen LogP contribution in [-0.4, -0.2) is 53.4 Å². The van der Waals surface area contributed by atoms with E-state index in [2.05, 4.69) is 10.4 Å². The fraction of sp³-hybridized carbons (Fsp3) is 0.565. The van der Waals surface area contributed by atoms with E-state index in [0.717, 1.165) is 68.2 Å². The fourth-order valence-corrected chi connectivity index (χ4v) is 5.91. The van der Waals surface area contributed by atoms with Gasteiger partial charge in [-0.3, -0.25) is 9.59 Å². The van der Waals surface area contributed by atoms with Crippen molar-refractivity contribution in [1.82, 2.24) is 9.21 Å². The summed E-state index contributed by atoms with van der Waals surface area (Å²) in [6.45, 7) is 1.18. The Morgan fingerprint density at radius 3 is 2.80 bits per heavy atom. The Labute approximate surface area is 182 Å². The number of ether oxygens (including phenoxy) is 1. The van der Waals surface area contributed by atoms with Gasteiger partial charge in [0, 0.05) is 47.4 Å². The largest absolute Gasteiger partial charge is 0.444 e. The number of carbonyl (C=O) groups excluding carboxylic acids is 2. The van der Waals surface area contributed by atoms with Crippen molar-refractivity contribution in [2.45, 2.75) is 61.4 Å². The Morgan fingerprint density at radius 1 is 1.33 bits per heavy atom. The lowest BCUT2D eigenvalue weighted by Gasteiger charge is -2.26. The predicted molar refractivity (Wildman–Crippen MR) is 119 cm³/mol. The van der Waals surface area contributed by atoms with Gasteiger partial charge in [-0.25, -0.2) is 4.31 Å². The minimum atomic E-state index is -0.0996. The highest BCUT2D eigenvalue weighted by atomic mass is 32.2. The summed E-state index contributed by atoms with van der Waals surface area (Å²) < 4.78 is 7.87. The lowest BCUT2D eigenvalue weighted by molar-refractivity contribution is -0.151. The molecule has 1 aromatic carbocycles. The van der Waals surface area contributed by atoms with Gasteiger partial charge >= 0.3 is 5.97 Å². The molecule has 162 valence electrons. The first-order valence-corrected chi connectivity index (χ1v) is 11.7. The second-order valence-electron chi connectivity index (χ2n) is 8.72. The Morgan fingerprint density at radius 2 is 2.10 bits per heavy atom. The van der Waals surface area contributed by atoms with E-state index < -0.39 is 0 Å². The van der Waals surface area contributed by atoms with E-state index in [4.69, 9.17) is 10.5 Å². The van der Waals surface area contributed by atoms with Crippen LogP contribution in [0.1, 0.15) is 60.9 Å². The van der Waals surface area contributed by atoms with Crippen LogP contribution < -0.4 is 5.73 Å². The van der Waals surface area contributed by atoms with E-state index in [0.29, 0.717) is 5.56 Å². The van der Waals surface area contributed by atoms with Crippen molar-refractivity contribution >= 4 is 30.3 Å². The molecule has 0 amide bonds. The average Bonchev–Trinajstić information content (AvgIpc) is 3.26. The quantitative estimate of drug-likeness (QED) is 0.292. The highest BCUT2D eigenvalue weighted by Gasteiger charge is 2.56. The summed E-state index contributed by atoms with van der Waals surface area (Å²) in [6.07, 6.45) is 12.1. The molecular weight excluding hydrogens is 398 g/mol. The molecule has 2 N–H and O–H groups in total. The molecule has 1 spiro atoms. The van der Waals surface area contributed by atoms with Gasteiger partial charge in [-0.05, 0) is 56.2 Å². The first kappa shape index (κ1) is 21.4. The van der Waals surface area contributed by atoms with Crippen LogP contribution >= 0.6 is 11.9 Å². The average molecular weight is 430 g/mol. The molecule has 2 saturated carbocycles. The smallest absolute Gasteiger partial charge is 0.310 e. The maximum atomic E-state index is 12.1. The number of esters is 1. The molecule has 1 saturated heterocycles. The van der Waals surface area contributed by atoms with Crippen LogP contribution in [0.4, 0.5) is 0 Å². The Kier molecular flexibility index (Phi) is 6.51. The second kappa shape index (κ2) is 9.12. The first-order valence-electron chi connectivity index (χ1n) is 10.9. The van der Waals surface area contributed by atoms with Gasteiger partial charge in [0.2, 0.25) is 0 Å². The molecule has 0 radical (unpaired) electrons. The van der Waals surface area contributed by atoms with E-state index in [-0.39, 0.29) is 30.2 Å². The molecule has 0 aromatic heterocycles. The van der Waals surface area contributed by atoms with Gasteiger partial charge < -0.3 is 15.4 Å². The lowest BCUT2D eigenvalue weighted by Crippen LogP contribution is -2.38. The number of hydrogen-bond donors (Lipinski definition) is 1. The van der Waals surface area contributed by atoms with Gasteiger partial charge in [-0.2, -0.15) is 0 Å². The SMILES string of the molecule is CN(/C=C\c1c(C=O)cccc1SN1CC[C@H](N)C12CC2)COC(=O)C1CCCC1. The minimum absolute atomic E-state index is 0.0581. The molecule has 0 bridgehead atoms. The first-order chi connectivity index (χ1) is 14.5. The highest BCUT2D eigenvalue weighted by Crippen LogP contribution is 2.53. The van der Waals surface area contributed by atoms with Crippen LogP contribution in [0.3, 0.4) is 0 Å². The van der Waals surface area contributed by atoms with Crippen LogP contribution in [-0.2, 0) is 9.53 Å². The molecule has 7 heteroatoms. The zero-order chi connectivity index (χ0) is 21.1. The Balaban J connectivity index is 1.42. The van der Waals surface area contributed by atoms with Crippen LogP contribution in [0.15, 0.2) is 29.3 Å². The third-order valence-electron chi connectivity index (χ3n) is 6.62. The third kappa shape index (κ3) is 4.43. The van der Waals surface area contributed by atoms with E-state index >= 15 is 0 Å². The van der Waals surface area contributed by atoms with Gasteiger partial charge in [-0.1, -0.05) is 25.0 Å². The molecule has 30 heavy (non-hydrogen) atoms. The van der Waals surface area contributed by atoms with Gasteiger partial charge in [-0.15, -0.1) is 0 Å². The van der Waals surface area contributed by atoms with Crippen molar-refractivity contribution in [3.8, 4) is 0 Å². The van der Waals surface area contributed by atoms with E-state index in [1.807, 2.05) is 36.4 Å². The number of aldehydes is 1. The summed E-state index contributed by atoms with van der Waals surface area (Å²) >= 11 is 1.71. The molecule has 2 aliphatic carbocycles. The molecular formula is C23H31N3O3S. The second-order valence-corrected chi connectivity index (χ2v) is 9.78. The van der Waals surface area contributed by atoms with Crippen molar-refractivity contribution in [2.24, 2.45) is 11.7 Å². The molecule has 4 rings (SSSR count). The summed E-state index contributed by atoms with van der Waals surface area (Å²) in [6, 6.07) is 6.04. The summed E-state index contributed by atoms with van der Waals surface area (Å²) in [5, 5.41) is 0. The maximum absolute atomic E-state index is 12.1. The fourth-order valence-electron chi connectivity index (χ4n) is 4.55. The van der Waals surface area contributed by atoms with Gasteiger partial charge in [0.05, 0.1) is 5.92 Å². The van der Waals surface area contributed by atoms with Gasteiger partial charge in [0.1, 0.15) is 0 Å². The number of nitrogens with zero attached hydrogens (tertiary/aromatic N) is 2. The highest BCUT2D eigenvalue weighted by molar-refractivity contribution is 7.97. The van der Waals surface area contributed by atoms with E-state index in [1.165, 1.54) is 0 Å². The van der Waals surface area contributed by atoms with Crippen molar-refractivity contribution in [3.63, 3.8) is 0 Å². The number of benzene rings is 1. The van der Waals surface area contributed by atoms with E-state index in [9.17, 15) is 9.59 Å². The van der Waals surface area contributed by atoms with Crippen molar-refractivity contribution in [1.29, 1.82) is 0 Å². The number of rotatable bonds is 8. The summed E-state index contributed by atoms with van der Waals surface area (Å²) in [5.41, 5.74) is 8.02. The number of hydrogen-bond acceptors (Lipinski definition) is 7. The van der Waals surface area contributed by atoms with Crippen LogP contribution in [0.2, 0.25) is 0 Å². The zero-order valence-corrected chi connectivity index (χ0v) is 18.4. The summed E-state index contributed by atoms with van der Waals surface area (Å²) in [5.74, 6) is -0.0415. The molecule has 1 heterocycles. The topological polar surface area (TPSA) is 75.9 Å². The molecule has 1 atom stereocenters. The molecule has 1 aliphatic heterocycles. The maximum Gasteiger partial charge on any atom is 0.310 e. The van der Waals surface area contributed by atoms with Crippen LogP contribution in [0.25, 0.3) is 6.08 Å². The van der Waals surface area contributed by atoms with Gasteiger partial charge in [0.15, 0.2) is 13.0 Å². The number of nitrogens with two attached hydrogens (primary N) is 1. The Hall–Kier alpha value is -1.83. The van der Waals surface area contributed by atoms with Crippen molar-refractivity contribution in [3.05, 3.63) is 35.5 Å². The lowest BCUT2D eigenvalue weighted by atomic mass is 10.1. The Bertz CT molecular complexity index is 818. The summed E-state index contributed by atoms with van der Waals surface area (Å²) in [4.78, 5) is 26.7. The van der Waals surface area contributed by atoms with Crippen LogP contribution in [0, 0.1) is 5.92 Å². The molecule has 3 aliphatic rings. The molecule has 0 unspecified atom stereocenters. The van der Waals surface area contributed by atoms with Crippen LogP contribution in [0.5, 0.6) is 0 Å². The van der Waals surface area contributed by atoms with Gasteiger partial charge in [0.25, 0.3) is 0 Å². The zero-order valence-electron chi connectivity index (χ0n) is 17.6. The molecule has 3 fully saturated rings. The number of carbonyl (C=O) groups is 2. The standard InChI is InChI=1S/C23H31N3O3S/c1-25(16-29-22(28)17-5-2-3-6-17)13-9-19-18(15-27)7-4-8-20(19)30-26-14-10-21(24)23(26)11-12-23/h4,7-9,13,15,17,21H,2-3,5-6,10-12,14,16,24H2,1H3/b13-9-/t21-/m0/s1. The monoisotopic (exact) mass is 429 g/mol. The van der Waals surface area contributed by atoms with E-state index in [1.54, 1.807) is 11.9 Å². The molecule has 1 aromatic rings. The van der Waals surface area contributed by atoms with Crippen molar-refractivity contribution in [2.75, 3.05) is 20.3 Å².